The molecule has 0 bridgehead atoms. The van der Waals surface area contributed by atoms with Crippen LogP contribution in [0.4, 0.5) is 0 Å². The van der Waals surface area contributed by atoms with Crippen molar-refractivity contribution in [1.29, 1.82) is 0 Å². The lowest BCUT2D eigenvalue weighted by molar-refractivity contribution is 0.308. The number of aromatic nitrogens is 2. The molecule has 31 heavy (non-hydrogen) atoms. The van der Waals surface area contributed by atoms with E-state index in [-0.39, 0.29) is 0 Å². The van der Waals surface area contributed by atoms with Crippen LogP contribution in [0.15, 0.2) is 66.6 Å². The Morgan fingerprint density at radius 3 is 2.42 bits per heavy atom. The Balaban J connectivity index is 1.84. The molecular weight excluding hydrogens is 392 g/mol. The van der Waals surface area contributed by atoms with Crippen LogP contribution in [0.3, 0.4) is 0 Å². The lowest BCUT2D eigenvalue weighted by atomic mass is 10.1. The third-order valence-electron chi connectivity index (χ3n) is 5.04. The molecule has 6 nitrogen and oxygen atoms in total. The average Bonchev–Trinajstić information content (AvgIpc) is 3.05. The van der Waals surface area contributed by atoms with Crippen molar-refractivity contribution in [3.8, 4) is 23.0 Å². The quantitative estimate of drug-likeness (QED) is 0.520. The number of hydrogen-bond donors (Lipinski definition) is 0. The van der Waals surface area contributed by atoms with Crippen LogP contribution in [-0.4, -0.2) is 31.3 Å². The number of fused-ring (bicyclic) bond motifs is 1. The SMILES string of the molecule is COC1=C(c2nc(C)ccc2Oc2ccnc3cc(OC)c(OC)cc23)CC=CC=C1. The fraction of sp³-hybridized carbons (Fsp3) is 0.200. The minimum atomic E-state index is 0.610. The van der Waals surface area contributed by atoms with Gasteiger partial charge in [0.15, 0.2) is 17.2 Å². The summed E-state index contributed by atoms with van der Waals surface area (Å²) in [5.74, 6) is 3.28. The summed E-state index contributed by atoms with van der Waals surface area (Å²) in [7, 11) is 4.87. The number of pyridine rings is 2. The number of hydrogen-bond acceptors (Lipinski definition) is 6. The van der Waals surface area contributed by atoms with Crippen molar-refractivity contribution in [3.63, 3.8) is 0 Å². The zero-order valence-corrected chi connectivity index (χ0v) is 18.0. The van der Waals surface area contributed by atoms with Gasteiger partial charge in [0, 0.05) is 28.9 Å². The molecule has 2 aromatic heterocycles. The molecule has 0 aliphatic heterocycles. The number of benzene rings is 1. The third kappa shape index (κ3) is 4.10. The van der Waals surface area contributed by atoms with Gasteiger partial charge in [-0.05, 0) is 43.7 Å². The van der Waals surface area contributed by atoms with Crippen LogP contribution in [0.2, 0.25) is 0 Å². The Kier molecular flexibility index (Phi) is 5.89. The molecule has 0 saturated heterocycles. The second-order valence-corrected chi connectivity index (χ2v) is 6.97. The van der Waals surface area contributed by atoms with Crippen LogP contribution in [0.5, 0.6) is 23.0 Å². The van der Waals surface area contributed by atoms with E-state index in [1.165, 1.54) is 0 Å². The van der Waals surface area contributed by atoms with Gasteiger partial charge in [-0.25, -0.2) is 4.98 Å². The fourth-order valence-electron chi connectivity index (χ4n) is 3.51. The third-order valence-corrected chi connectivity index (χ3v) is 5.04. The zero-order valence-electron chi connectivity index (χ0n) is 18.0. The fourth-order valence-corrected chi connectivity index (χ4v) is 3.51. The lowest BCUT2D eigenvalue weighted by Gasteiger charge is -2.16. The first-order valence-electron chi connectivity index (χ1n) is 9.91. The first kappa shape index (κ1) is 20.5. The van der Waals surface area contributed by atoms with Crippen molar-refractivity contribution in [2.24, 2.45) is 0 Å². The average molecular weight is 416 g/mol. The Morgan fingerprint density at radius 2 is 1.65 bits per heavy atom. The summed E-state index contributed by atoms with van der Waals surface area (Å²) in [6, 6.07) is 9.40. The molecular formula is C25H24N2O4. The minimum absolute atomic E-state index is 0.610. The summed E-state index contributed by atoms with van der Waals surface area (Å²) < 4.78 is 22.9. The summed E-state index contributed by atoms with van der Waals surface area (Å²) in [4.78, 5) is 9.24. The molecule has 158 valence electrons. The van der Waals surface area contributed by atoms with E-state index < -0.39 is 0 Å². The largest absolute Gasteiger partial charge is 0.496 e. The molecule has 0 N–H and O–H groups in total. The monoisotopic (exact) mass is 416 g/mol. The van der Waals surface area contributed by atoms with Crippen LogP contribution in [0.1, 0.15) is 17.8 Å². The molecule has 3 aromatic rings. The molecule has 0 fully saturated rings. The molecule has 6 heteroatoms. The van der Waals surface area contributed by atoms with Gasteiger partial charge >= 0.3 is 0 Å². The maximum Gasteiger partial charge on any atom is 0.162 e. The van der Waals surface area contributed by atoms with E-state index in [1.807, 2.05) is 55.5 Å². The maximum absolute atomic E-state index is 6.40. The number of allylic oxidation sites excluding steroid dienone is 5. The smallest absolute Gasteiger partial charge is 0.162 e. The normalized spacial score (nSPS) is 13.3. The zero-order chi connectivity index (χ0) is 21.8. The number of methoxy groups -OCH3 is 3. The van der Waals surface area contributed by atoms with Gasteiger partial charge in [0.05, 0.1) is 26.8 Å². The van der Waals surface area contributed by atoms with Gasteiger partial charge < -0.3 is 18.9 Å². The van der Waals surface area contributed by atoms with Gasteiger partial charge in [0.25, 0.3) is 0 Å². The minimum Gasteiger partial charge on any atom is -0.496 e. The van der Waals surface area contributed by atoms with Crippen LogP contribution in [0, 0.1) is 6.92 Å². The molecule has 0 atom stereocenters. The topological polar surface area (TPSA) is 62.7 Å². The molecule has 0 radical (unpaired) electrons. The highest BCUT2D eigenvalue weighted by Gasteiger charge is 2.18. The highest BCUT2D eigenvalue weighted by Crippen LogP contribution is 2.39. The van der Waals surface area contributed by atoms with Crippen molar-refractivity contribution in [1.82, 2.24) is 9.97 Å². The van der Waals surface area contributed by atoms with Crippen molar-refractivity contribution in [2.75, 3.05) is 21.3 Å². The standard InChI is InChI=1S/C25H24N2O4/c1-16-10-11-22(25(27-16)17-8-6-5-7-9-20(17)28-2)31-21-12-13-26-19-15-24(30-4)23(29-3)14-18(19)21/h5-7,9-15H,8H2,1-4H3. The second kappa shape index (κ2) is 8.92. The van der Waals surface area contributed by atoms with Gasteiger partial charge in [0.2, 0.25) is 0 Å². The maximum atomic E-state index is 6.40. The summed E-state index contributed by atoms with van der Waals surface area (Å²) in [6.07, 6.45) is 10.4. The van der Waals surface area contributed by atoms with Crippen LogP contribution >= 0.6 is 0 Å². The van der Waals surface area contributed by atoms with E-state index in [0.29, 0.717) is 29.4 Å². The van der Waals surface area contributed by atoms with Crippen LogP contribution < -0.4 is 14.2 Å². The molecule has 0 amide bonds. The Morgan fingerprint density at radius 1 is 0.839 bits per heavy atom. The molecule has 0 unspecified atom stereocenters. The number of ether oxygens (including phenoxy) is 4. The van der Waals surface area contributed by atoms with Crippen molar-refractivity contribution in [3.05, 3.63) is 78.0 Å². The molecule has 1 aromatic carbocycles. The predicted octanol–water partition coefficient (Wildman–Crippen LogP) is 5.62. The van der Waals surface area contributed by atoms with Gasteiger partial charge in [-0.15, -0.1) is 0 Å². The molecule has 0 spiro atoms. The van der Waals surface area contributed by atoms with E-state index >= 15 is 0 Å². The van der Waals surface area contributed by atoms with Gasteiger partial charge in [-0.3, -0.25) is 4.98 Å². The van der Waals surface area contributed by atoms with Crippen molar-refractivity contribution < 1.29 is 18.9 Å². The first-order valence-corrected chi connectivity index (χ1v) is 9.91. The number of aryl methyl sites for hydroxylation is 1. The first-order chi connectivity index (χ1) is 15.1. The summed E-state index contributed by atoms with van der Waals surface area (Å²) >= 11 is 0. The predicted molar refractivity (Wildman–Crippen MR) is 121 cm³/mol. The van der Waals surface area contributed by atoms with Crippen LogP contribution in [0.25, 0.3) is 16.5 Å². The molecule has 1 aliphatic rings. The van der Waals surface area contributed by atoms with Crippen molar-refractivity contribution in [2.45, 2.75) is 13.3 Å². The summed E-state index contributed by atoms with van der Waals surface area (Å²) in [5, 5.41) is 0.813. The molecule has 1 aliphatic carbocycles. The van der Waals surface area contributed by atoms with E-state index in [4.69, 9.17) is 23.9 Å². The van der Waals surface area contributed by atoms with Gasteiger partial charge in [-0.1, -0.05) is 18.2 Å². The molecule has 0 saturated carbocycles. The number of rotatable bonds is 6. The van der Waals surface area contributed by atoms with Crippen LogP contribution in [-0.2, 0) is 4.74 Å². The van der Waals surface area contributed by atoms with E-state index in [0.717, 1.165) is 33.6 Å². The second-order valence-electron chi connectivity index (χ2n) is 6.97. The Bertz CT molecular complexity index is 1210. The number of nitrogens with zero attached hydrogens (tertiary/aromatic N) is 2. The Labute approximate surface area is 181 Å². The highest BCUT2D eigenvalue weighted by molar-refractivity contribution is 5.88. The van der Waals surface area contributed by atoms with E-state index in [1.54, 1.807) is 27.5 Å². The highest BCUT2D eigenvalue weighted by atomic mass is 16.5. The van der Waals surface area contributed by atoms with E-state index in [2.05, 4.69) is 11.1 Å². The van der Waals surface area contributed by atoms with Gasteiger partial charge in [-0.2, -0.15) is 0 Å². The Hall–Kier alpha value is -3.80. The van der Waals surface area contributed by atoms with E-state index in [9.17, 15) is 0 Å². The summed E-state index contributed by atoms with van der Waals surface area (Å²) in [5.41, 5.74) is 3.35. The molecule has 4 rings (SSSR count). The molecule has 2 heterocycles. The lowest BCUT2D eigenvalue weighted by Crippen LogP contribution is -2.00. The summed E-state index contributed by atoms with van der Waals surface area (Å²) in [6.45, 7) is 1.96. The van der Waals surface area contributed by atoms with Crippen molar-refractivity contribution >= 4 is 16.5 Å². The van der Waals surface area contributed by atoms with Gasteiger partial charge in [0.1, 0.15) is 17.2 Å².